The van der Waals surface area contributed by atoms with Crippen LogP contribution in [0.1, 0.15) is 28.0 Å². The number of hydrogen-bond acceptors (Lipinski definition) is 6. The summed E-state index contributed by atoms with van der Waals surface area (Å²) in [5.74, 6) is -0.230. The van der Waals surface area contributed by atoms with E-state index in [-0.39, 0.29) is 12.5 Å². The fourth-order valence-corrected chi connectivity index (χ4v) is 3.67. The van der Waals surface area contributed by atoms with E-state index in [1.807, 2.05) is 18.2 Å². The van der Waals surface area contributed by atoms with E-state index in [1.54, 1.807) is 24.0 Å². The molecule has 146 valence electrons. The van der Waals surface area contributed by atoms with Crippen molar-refractivity contribution in [3.63, 3.8) is 0 Å². The van der Waals surface area contributed by atoms with Gasteiger partial charge in [-0.15, -0.1) is 0 Å². The average Bonchev–Trinajstić information content (AvgIpc) is 3.08. The number of morpholine rings is 1. The highest BCUT2D eigenvalue weighted by Crippen LogP contribution is 2.22. The van der Waals surface area contributed by atoms with Crippen molar-refractivity contribution in [2.75, 3.05) is 32.5 Å². The van der Waals surface area contributed by atoms with Gasteiger partial charge in [-0.1, -0.05) is 6.07 Å². The summed E-state index contributed by atoms with van der Waals surface area (Å²) in [6.45, 7) is 1.37. The van der Waals surface area contributed by atoms with Crippen LogP contribution in [0.3, 0.4) is 0 Å². The van der Waals surface area contributed by atoms with Gasteiger partial charge in [0.15, 0.2) is 0 Å². The Hall–Kier alpha value is -2.30. The topological polar surface area (TPSA) is 106 Å². The van der Waals surface area contributed by atoms with Crippen molar-refractivity contribution in [2.24, 2.45) is 7.05 Å². The largest absolute Gasteiger partial charge is 0.369 e. The minimum Gasteiger partial charge on any atom is -0.369 e. The first-order valence-electron chi connectivity index (χ1n) is 8.63. The number of aryl methyl sites for hydroxylation is 1. The Morgan fingerprint density at radius 2 is 2.19 bits per heavy atom. The molecule has 1 aliphatic heterocycles. The number of pyridine rings is 1. The van der Waals surface area contributed by atoms with Gasteiger partial charge in [0.1, 0.15) is 11.8 Å². The molecule has 0 radical (unpaired) electrons. The zero-order valence-corrected chi connectivity index (χ0v) is 16.1. The zero-order chi connectivity index (χ0) is 19.4. The molecule has 1 unspecified atom stereocenters. The van der Waals surface area contributed by atoms with Crippen molar-refractivity contribution < 1.29 is 17.9 Å². The minimum atomic E-state index is -3.25. The maximum absolute atomic E-state index is 12.0. The number of sulfonamides is 1. The Bertz CT molecular complexity index is 912. The number of ether oxygens (including phenoxy) is 1. The normalized spacial score (nSPS) is 18.4. The molecule has 0 aliphatic carbocycles. The number of aromatic nitrogens is 3. The molecule has 1 fully saturated rings. The molecular formula is C17H23N5O4S. The van der Waals surface area contributed by atoms with Crippen LogP contribution in [0.5, 0.6) is 0 Å². The summed E-state index contributed by atoms with van der Waals surface area (Å²) in [5, 5.41) is 6.87. The summed E-state index contributed by atoms with van der Waals surface area (Å²) >= 11 is 0. The number of nitrogens with zero attached hydrogens (tertiary/aromatic N) is 4. The first-order valence-corrected chi connectivity index (χ1v) is 10.5. The van der Waals surface area contributed by atoms with Gasteiger partial charge in [-0.3, -0.25) is 14.5 Å². The van der Waals surface area contributed by atoms with Crippen molar-refractivity contribution in [3.05, 3.63) is 47.5 Å². The van der Waals surface area contributed by atoms with Gasteiger partial charge in [0.2, 0.25) is 10.0 Å². The maximum Gasteiger partial charge on any atom is 0.271 e. The van der Waals surface area contributed by atoms with Gasteiger partial charge < -0.3 is 10.1 Å². The Morgan fingerprint density at radius 3 is 2.89 bits per heavy atom. The molecule has 1 N–H and O–H groups in total. The molecule has 0 aromatic carbocycles. The molecule has 1 atom stereocenters. The number of carbonyl (C=O) groups excluding carboxylic acids is 1. The fraction of sp³-hybridized carbons (Fsp3) is 0.471. The molecule has 3 rings (SSSR count). The summed E-state index contributed by atoms with van der Waals surface area (Å²) in [6.07, 6.45) is 3.07. The van der Waals surface area contributed by atoms with Crippen LogP contribution in [-0.2, 0) is 28.2 Å². The van der Waals surface area contributed by atoms with Crippen LogP contribution < -0.4 is 5.32 Å². The van der Waals surface area contributed by atoms with Crippen molar-refractivity contribution in [2.45, 2.75) is 12.5 Å². The van der Waals surface area contributed by atoms with E-state index in [4.69, 9.17) is 4.74 Å². The lowest BCUT2D eigenvalue weighted by Crippen LogP contribution is -2.41. The van der Waals surface area contributed by atoms with Crippen LogP contribution in [0.4, 0.5) is 0 Å². The van der Waals surface area contributed by atoms with Crippen molar-refractivity contribution in [1.82, 2.24) is 24.4 Å². The van der Waals surface area contributed by atoms with Crippen LogP contribution in [0.15, 0.2) is 30.5 Å². The Balaban J connectivity index is 1.58. The number of carbonyl (C=O) groups is 1. The molecule has 3 heterocycles. The number of rotatable bonds is 6. The lowest BCUT2D eigenvalue weighted by Gasteiger charge is -2.31. The predicted octanol–water partition coefficient (Wildman–Crippen LogP) is 0.121. The molecule has 2 aromatic heterocycles. The Kier molecular flexibility index (Phi) is 5.88. The second-order valence-corrected chi connectivity index (χ2v) is 8.40. The molecule has 0 spiro atoms. The molecule has 2 aromatic rings. The van der Waals surface area contributed by atoms with E-state index in [0.717, 1.165) is 5.69 Å². The highest BCUT2D eigenvalue weighted by Gasteiger charge is 2.28. The van der Waals surface area contributed by atoms with Crippen LogP contribution >= 0.6 is 0 Å². The second kappa shape index (κ2) is 8.15. The highest BCUT2D eigenvalue weighted by atomic mass is 32.2. The highest BCUT2D eigenvalue weighted by molar-refractivity contribution is 7.88. The Labute approximate surface area is 158 Å². The molecular weight excluding hydrogens is 370 g/mol. The van der Waals surface area contributed by atoms with E-state index in [9.17, 15) is 13.2 Å². The second-order valence-electron chi connectivity index (χ2n) is 6.41. The van der Waals surface area contributed by atoms with Gasteiger partial charge in [0, 0.05) is 45.0 Å². The number of amides is 1. The predicted molar refractivity (Wildman–Crippen MR) is 98.6 cm³/mol. The number of nitrogens with one attached hydrogen (secondary N) is 1. The number of hydrogen-bond donors (Lipinski definition) is 1. The van der Waals surface area contributed by atoms with Crippen LogP contribution in [0, 0.1) is 0 Å². The van der Waals surface area contributed by atoms with Crippen LogP contribution in [0.2, 0.25) is 0 Å². The molecule has 1 aliphatic rings. The van der Waals surface area contributed by atoms with Gasteiger partial charge in [0.05, 0.1) is 18.6 Å². The lowest BCUT2D eigenvalue weighted by atomic mass is 10.1. The lowest BCUT2D eigenvalue weighted by molar-refractivity contribution is -0.00482. The third-order valence-corrected chi connectivity index (χ3v) is 5.54. The molecule has 1 amide bonds. The minimum absolute atomic E-state index is 0.230. The van der Waals surface area contributed by atoms with Crippen LogP contribution in [-0.4, -0.2) is 65.9 Å². The van der Waals surface area contributed by atoms with Crippen molar-refractivity contribution >= 4 is 15.9 Å². The monoisotopic (exact) mass is 393 g/mol. The molecule has 1 saturated heterocycles. The SMILES string of the molecule is Cn1ccc(C(=O)NCCc2cccc(C3CN(S(C)(=O)=O)CCO3)n2)n1. The Morgan fingerprint density at radius 1 is 1.37 bits per heavy atom. The third-order valence-electron chi connectivity index (χ3n) is 4.27. The van der Waals surface area contributed by atoms with E-state index < -0.39 is 16.1 Å². The van der Waals surface area contributed by atoms with E-state index in [1.165, 1.54) is 10.6 Å². The zero-order valence-electron chi connectivity index (χ0n) is 15.3. The van der Waals surface area contributed by atoms with Gasteiger partial charge >= 0.3 is 0 Å². The molecule has 27 heavy (non-hydrogen) atoms. The quantitative estimate of drug-likeness (QED) is 0.747. The summed E-state index contributed by atoms with van der Waals surface area (Å²) in [4.78, 5) is 16.6. The fourth-order valence-electron chi connectivity index (χ4n) is 2.85. The van der Waals surface area contributed by atoms with E-state index in [2.05, 4.69) is 15.4 Å². The summed E-state index contributed by atoms with van der Waals surface area (Å²) in [6, 6.07) is 7.21. The standard InChI is InChI=1S/C17H23N5O4S/c1-21-9-7-15(20-21)17(23)18-8-6-13-4-3-5-14(19-13)16-12-22(10-11-26-16)27(2,24)25/h3-5,7,9,16H,6,8,10-12H2,1-2H3,(H,18,23). The third kappa shape index (κ3) is 5.12. The van der Waals surface area contributed by atoms with Gasteiger partial charge in [0.25, 0.3) is 5.91 Å². The van der Waals surface area contributed by atoms with Gasteiger partial charge in [-0.05, 0) is 18.2 Å². The first kappa shape index (κ1) is 19.5. The molecule has 9 nitrogen and oxygen atoms in total. The molecule has 0 saturated carbocycles. The van der Waals surface area contributed by atoms with Gasteiger partial charge in [-0.2, -0.15) is 9.40 Å². The van der Waals surface area contributed by atoms with Crippen LogP contribution in [0.25, 0.3) is 0 Å². The smallest absolute Gasteiger partial charge is 0.271 e. The summed E-state index contributed by atoms with van der Waals surface area (Å²) in [7, 11) is -1.50. The van der Waals surface area contributed by atoms with E-state index >= 15 is 0 Å². The van der Waals surface area contributed by atoms with Crippen molar-refractivity contribution in [3.8, 4) is 0 Å². The average molecular weight is 393 g/mol. The van der Waals surface area contributed by atoms with Crippen molar-refractivity contribution in [1.29, 1.82) is 0 Å². The molecule has 0 bridgehead atoms. The maximum atomic E-state index is 12.0. The molecule has 10 heteroatoms. The van der Waals surface area contributed by atoms with E-state index in [0.29, 0.717) is 37.5 Å². The summed E-state index contributed by atoms with van der Waals surface area (Å²) < 4.78 is 32.2. The van der Waals surface area contributed by atoms with Gasteiger partial charge in [-0.25, -0.2) is 8.42 Å². The first-order chi connectivity index (χ1) is 12.8. The summed E-state index contributed by atoms with van der Waals surface area (Å²) in [5.41, 5.74) is 1.86.